The van der Waals surface area contributed by atoms with Gasteiger partial charge in [0.2, 0.25) is 5.88 Å². The summed E-state index contributed by atoms with van der Waals surface area (Å²) in [5, 5.41) is 4.53. The fraction of sp³-hybridized carbons (Fsp3) is 0.520. The summed E-state index contributed by atoms with van der Waals surface area (Å²) in [5.41, 5.74) is 2.37. The van der Waals surface area contributed by atoms with E-state index in [-0.39, 0.29) is 5.91 Å². The van der Waals surface area contributed by atoms with Crippen molar-refractivity contribution in [3.63, 3.8) is 0 Å². The highest BCUT2D eigenvalue weighted by atomic mass is 32.1. The Balaban J connectivity index is 1.49. The van der Waals surface area contributed by atoms with Gasteiger partial charge in [-0.3, -0.25) is 4.79 Å². The van der Waals surface area contributed by atoms with Crippen LogP contribution in [0.25, 0.3) is 10.2 Å². The van der Waals surface area contributed by atoms with Crippen molar-refractivity contribution >= 4 is 33.3 Å². The molecule has 0 spiro atoms. The van der Waals surface area contributed by atoms with Crippen LogP contribution in [-0.2, 0) is 6.54 Å². The van der Waals surface area contributed by atoms with E-state index in [1.807, 2.05) is 26.1 Å². The van der Waals surface area contributed by atoms with Crippen molar-refractivity contribution in [2.45, 2.75) is 53.0 Å². The van der Waals surface area contributed by atoms with Crippen molar-refractivity contribution in [3.05, 3.63) is 40.7 Å². The van der Waals surface area contributed by atoms with Crippen LogP contribution in [-0.4, -0.2) is 46.5 Å². The summed E-state index contributed by atoms with van der Waals surface area (Å²) >= 11 is 1.43. The SMILES string of the molecule is COc1cc(CN(C)C(=O)c2sc3ncnc(NCC4CCC(C)(C)CC4)c3c2C)ccn1. The Bertz CT molecular complexity index is 1130. The Morgan fingerprint density at radius 1 is 1.27 bits per heavy atom. The third-order valence-electron chi connectivity index (χ3n) is 6.71. The lowest BCUT2D eigenvalue weighted by Gasteiger charge is -2.34. The predicted molar refractivity (Wildman–Crippen MR) is 133 cm³/mol. The first-order valence-corrected chi connectivity index (χ1v) is 12.3. The molecule has 3 aromatic rings. The first kappa shape index (κ1) is 23.4. The number of thiophene rings is 1. The second kappa shape index (κ2) is 9.63. The Labute approximate surface area is 199 Å². The molecule has 1 amide bonds. The van der Waals surface area contributed by atoms with E-state index in [0.717, 1.165) is 33.7 Å². The summed E-state index contributed by atoms with van der Waals surface area (Å²) < 4.78 is 5.20. The molecule has 1 fully saturated rings. The minimum absolute atomic E-state index is 0.0215. The quantitative estimate of drug-likeness (QED) is 0.508. The van der Waals surface area contributed by atoms with Crippen LogP contribution in [0, 0.1) is 18.3 Å². The summed E-state index contributed by atoms with van der Waals surface area (Å²) in [5.74, 6) is 2.01. The number of methoxy groups -OCH3 is 1. The second-order valence-corrected chi connectivity index (χ2v) is 10.8. The minimum atomic E-state index is -0.0215. The summed E-state index contributed by atoms with van der Waals surface area (Å²) in [6.45, 7) is 8.10. The Hall–Kier alpha value is -2.74. The zero-order chi connectivity index (χ0) is 23.6. The Morgan fingerprint density at radius 2 is 2.03 bits per heavy atom. The molecule has 0 saturated heterocycles. The maximum absolute atomic E-state index is 13.3. The van der Waals surface area contributed by atoms with E-state index in [1.54, 1.807) is 24.5 Å². The molecular weight excluding hydrogens is 434 g/mol. The zero-order valence-electron chi connectivity index (χ0n) is 20.1. The van der Waals surface area contributed by atoms with Crippen molar-refractivity contribution in [2.75, 3.05) is 26.0 Å². The highest BCUT2D eigenvalue weighted by molar-refractivity contribution is 7.20. The number of nitrogens with zero attached hydrogens (tertiary/aromatic N) is 4. The van der Waals surface area contributed by atoms with Gasteiger partial charge in [-0.05, 0) is 61.1 Å². The number of carbonyl (C=O) groups excluding carboxylic acids is 1. The molecule has 1 saturated carbocycles. The molecule has 3 aromatic heterocycles. The van der Waals surface area contributed by atoms with Crippen LogP contribution >= 0.6 is 11.3 Å². The average Bonchev–Trinajstić information content (AvgIpc) is 3.15. The fourth-order valence-corrected chi connectivity index (χ4v) is 5.64. The van der Waals surface area contributed by atoms with Gasteiger partial charge in [-0.25, -0.2) is 15.0 Å². The fourth-order valence-electron chi connectivity index (χ4n) is 4.49. The van der Waals surface area contributed by atoms with Crippen molar-refractivity contribution in [1.82, 2.24) is 19.9 Å². The number of ether oxygens (including phenoxy) is 1. The van der Waals surface area contributed by atoms with Crippen LogP contribution in [0.15, 0.2) is 24.7 Å². The summed E-state index contributed by atoms with van der Waals surface area (Å²) in [7, 11) is 3.40. The third-order valence-corrected chi connectivity index (χ3v) is 7.90. The molecule has 0 bridgehead atoms. The van der Waals surface area contributed by atoms with Crippen molar-refractivity contribution < 1.29 is 9.53 Å². The van der Waals surface area contributed by atoms with E-state index in [0.29, 0.717) is 28.6 Å². The lowest BCUT2D eigenvalue weighted by molar-refractivity contribution is 0.0789. The molecule has 1 aliphatic rings. The molecular formula is C25H33N5O2S. The van der Waals surface area contributed by atoms with E-state index in [2.05, 4.69) is 34.1 Å². The van der Waals surface area contributed by atoms with Gasteiger partial charge in [0.05, 0.1) is 17.4 Å². The number of hydrogen-bond acceptors (Lipinski definition) is 7. The molecule has 0 atom stereocenters. The number of aromatic nitrogens is 3. The molecule has 0 unspecified atom stereocenters. The molecule has 0 aromatic carbocycles. The average molecular weight is 468 g/mol. The molecule has 3 heterocycles. The van der Waals surface area contributed by atoms with E-state index in [4.69, 9.17) is 4.74 Å². The Morgan fingerprint density at radius 3 is 2.76 bits per heavy atom. The number of nitrogens with one attached hydrogen (secondary N) is 1. The van der Waals surface area contributed by atoms with Crippen LogP contribution in [0.5, 0.6) is 5.88 Å². The van der Waals surface area contributed by atoms with Crippen LogP contribution < -0.4 is 10.1 Å². The number of pyridine rings is 1. The molecule has 33 heavy (non-hydrogen) atoms. The van der Waals surface area contributed by atoms with E-state index in [9.17, 15) is 4.79 Å². The number of anilines is 1. The molecule has 8 heteroatoms. The highest BCUT2D eigenvalue weighted by Gasteiger charge is 2.27. The zero-order valence-corrected chi connectivity index (χ0v) is 21.0. The van der Waals surface area contributed by atoms with Gasteiger partial charge >= 0.3 is 0 Å². The standard InChI is InChI=1S/C25H33N5O2S/c1-16-20-22(27-13-17-6-9-25(2,3)10-7-17)28-15-29-23(20)33-21(16)24(31)30(4)14-18-8-11-26-19(12-18)32-5/h8,11-12,15,17H,6-7,9-10,13-14H2,1-5H3,(H,27,28,29). The number of hydrogen-bond donors (Lipinski definition) is 1. The normalized spacial score (nSPS) is 16.0. The van der Waals surface area contributed by atoms with Crippen LogP contribution in [0.1, 0.15) is 60.3 Å². The van der Waals surface area contributed by atoms with Gasteiger partial charge in [0.15, 0.2) is 0 Å². The number of amides is 1. The first-order valence-electron chi connectivity index (χ1n) is 11.5. The van der Waals surface area contributed by atoms with E-state index in [1.165, 1.54) is 37.0 Å². The minimum Gasteiger partial charge on any atom is -0.481 e. The van der Waals surface area contributed by atoms with Gasteiger partial charge in [0, 0.05) is 32.4 Å². The number of fused-ring (bicyclic) bond motifs is 1. The summed E-state index contributed by atoms with van der Waals surface area (Å²) in [6, 6.07) is 3.74. The molecule has 0 radical (unpaired) electrons. The van der Waals surface area contributed by atoms with Crippen LogP contribution in [0.3, 0.4) is 0 Å². The predicted octanol–water partition coefficient (Wildman–Crippen LogP) is 5.30. The maximum Gasteiger partial charge on any atom is 0.264 e. The lowest BCUT2D eigenvalue weighted by atomic mass is 9.73. The highest BCUT2D eigenvalue weighted by Crippen LogP contribution is 2.39. The van der Waals surface area contributed by atoms with Gasteiger partial charge in [-0.2, -0.15) is 0 Å². The number of carbonyl (C=O) groups is 1. The van der Waals surface area contributed by atoms with Crippen molar-refractivity contribution in [2.24, 2.45) is 11.3 Å². The van der Waals surface area contributed by atoms with Crippen molar-refractivity contribution in [3.8, 4) is 5.88 Å². The van der Waals surface area contributed by atoms with Gasteiger partial charge in [-0.1, -0.05) is 13.8 Å². The summed E-state index contributed by atoms with van der Waals surface area (Å²) in [4.78, 5) is 29.7. The molecule has 0 aliphatic heterocycles. The molecule has 176 valence electrons. The topological polar surface area (TPSA) is 80.2 Å². The van der Waals surface area contributed by atoms with Crippen LogP contribution in [0.4, 0.5) is 5.82 Å². The van der Waals surface area contributed by atoms with Gasteiger partial charge in [0.25, 0.3) is 5.91 Å². The van der Waals surface area contributed by atoms with Gasteiger partial charge < -0.3 is 15.0 Å². The molecule has 1 N–H and O–H groups in total. The van der Waals surface area contributed by atoms with E-state index < -0.39 is 0 Å². The van der Waals surface area contributed by atoms with Gasteiger partial charge in [-0.15, -0.1) is 11.3 Å². The van der Waals surface area contributed by atoms with Crippen LogP contribution in [0.2, 0.25) is 0 Å². The van der Waals surface area contributed by atoms with E-state index >= 15 is 0 Å². The molecule has 1 aliphatic carbocycles. The first-order chi connectivity index (χ1) is 15.8. The molecule has 4 rings (SSSR count). The second-order valence-electron chi connectivity index (χ2n) is 9.81. The Kier molecular flexibility index (Phi) is 6.83. The number of rotatable bonds is 7. The van der Waals surface area contributed by atoms with Gasteiger partial charge in [0.1, 0.15) is 17.0 Å². The van der Waals surface area contributed by atoms with Crippen molar-refractivity contribution in [1.29, 1.82) is 0 Å². The monoisotopic (exact) mass is 467 g/mol. The number of aryl methyl sites for hydroxylation is 1. The third kappa shape index (κ3) is 5.27. The molecule has 7 nitrogen and oxygen atoms in total. The lowest BCUT2D eigenvalue weighted by Crippen LogP contribution is -2.26. The largest absolute Gasteiger partial charge is 0.481 e. The summed E-state index contributed by atoms with van der Waals surface area (Å²) in [6.07, 6.45) is 8.30. The smallest absolute Gasteiger partial charge is 0.264 e. The maximum atomic E-state index is 13.3.